The fourth-order valence-electron chi connectivity index (χ4n) is 0.247. The molecule has 0 aliphatic heterocycles. The highest BCUT2D eigenvalue weighted by atomic mass is 31.1. The van der Waals surface area contributed by atoms with Crippen LogP contribution in [0.3, 0.4) is 0 Å². The molecule has 0 bridgehead atoms. The van der Waals surface area contributed by atoms with E-state index in [4.69, 9.17) is 4.89 Å². The van der Waals surface area contributed by atoms with Crippen LogP contribution in [0.15, 0.2) is 0 Å². The lowest BCUT2D eigenvalue weighted by Gasteiger charge is -2.24. The molecule has 9 heavy (non-hydrogen) atoms. The van der Waals surface area contributed by atoms with Gasteiger partial charge in [-0.1, -0.05) is 27.7 Å². The van der Waals surface area contributed by atoms with E-state index in [-0.39, 0.29) is 5.92 Å². The third-order valence-corrected chi connectivity index (χ3v) is 3.67. The molecule has 0 amide bonds. The van der Waals surface area contributed by atoms with Crippen molar-refractivity contribution >= 4 is 8.03 Å². The van der Waals surface area contributed by atoms with E-state index < -0.39 is 13.2 Å². The molecule has 1 N–H and O–H groups in total. The standard InChI is InChI=1S/C6H15O2P/c1-5(2)6(3,4)9(7)8/h5,9H,1-4H3,(H,7,8). The maximum Gasteiger partial charge on any atom is 0.194 e. The predicted octanol–water partition coefficient (Wildman–Crippen LogP) is 1.89. The molecule has 0 aliphatic carbocycles. The third kappa shape index (κ3) is 2.11. The van der Waals surface area contributed by atoms with E-state index >= 15 is 0 Å². The molecular formula is C6H15O2P. The quantitative estimate of drug-likeness (QED) is 0.610. The minimum Gasteiger partial charge on any atom is -0.346 e. The Morgan fingerprint density at radius 1 is 1.44 bits per heavy atom. The number of rotatable bonds is 2. The summed E-state index contributed by atoms with van der Waals surface area (Å²) in [6.07, 6.45) is 0. The first kappa shape index (κ1) is 9.19. The summed E-state index contributed by atoms with van der Waals surface area (Å²) in [4.78, 5) is 8.80. The second kappa shape index (κ2) is 2.85. The van der Waals surface area contributed by atoms with Gasteiger partial charge in [0.15, 0.2) is 8.03 Å². The number of hydrogen-bond donors (Lipinski definition) is 1. The van der Waals surface area contributed by atoms with Crippen molar-refractivity contribution < 1.29 is 9.46 Å². The van der Waals surface area contributed by atoms with Gasteiger partial charge < -0.3 is 4.89 Å². The topological polar surface area (TPSA) is 37.3 Å². The van der Waals surface area contributed by atoms with Gasteiger partial charge in [0.1, 0.15) is 0 Å². The summed E-state index contributed by atoms with van der Waals surface area (Å²) in [6, 6.07) is 0. The average molecular weight is 150 g/mol. The molecule has 0 aromatic rings. The summed E-state index contributed by atoms with van der Waals surface area (Å²) in [6.45, 7) is 7.55. The molecule has 0 spiro atoms. The van der Waals surface area contributed by atoms with Gasteiger partial charge in [-0.3, -0.25) is 4.57 Å². The van der Waals surface area contributed by atoms with Gasteiger partial charge in [0, 0.05) is 5.16 Å². The SMILES string of the molecule is CC(C)C(C)(C)[PH](=O)O. The summed E-state index contributed by atoms with van der Waals surface area (Å²) in [7, 11) is -2.36. The van der Waals surface area contributed by atoms with Crippen LogP contribution in [-0.4, -0.2) is 10.0 Å². The van der Waals surface area contributed by atoms with Crippen LogP contribution in [0.5, 0.6) is 0 Å². The summed E-state index contributed by atoms with van der Waals surface area (Å²) in [5.41, 5.74) is 0. The maximum atomic E-state index is 10.6. The monoisotopic (exact) mass is 150 g/mol. The molecule has 1 unspecified atom stereocenters. The highest BCUT2D eigenvalue weighted by Crippen LogP contribution is 2.40. The molecule has 0 saturated heterocycles. The first-order valence-corrected chi connectivity index (χ1v) is 4.48. The molecule has 0 heterocycles. The van der Waals surface area contributed by atoms with Gasteiger partial charge in [0.05, 0.1) is 0 Å². The molecule has 1 atom stereocenters. The van der Waals surface area contributed by atoms with Crippen LogP contribution in [0.1, 0.15) is 27.7 Å². The average Bonchev–Trinajstić information content (AvgIpc) is 1.65. The Morgan fingerprint density at radius 3 is 1.78 bits per heavy atom. The molecule has 0 aliphatic rings. The van der Waals surface area contributed by atoms with Crippen molar-refractivity contribution in [3.8, 4) is 0 Å². The van der Waals surface area contributed by atoms with E-state index in [0.29, 0.717) is 0 Å². The summed E-state index contributed by atoms with van der Waals surface area (Å²) < 4.78 is 10.6. The molecule has 3 heteroatoms. The van der Waals surface area contributed by atoms with Gasteiger partial charge in [-0.2, -0.15) is 0 Å². The molecule has 56 valence electrons. The fraction of sp³-hybridized carbons (Fsp3) is 1.00. The molecule has 0 aromatic heterocycles. The van der Waals surface area contributed by atoms with Crippen molar-refractivity contribution in [3.63, 3.8) is 0 Å². The minimum atomic E-state index is -2.36. The van der Waals surface area contributed by atoms with Crippen molar-refractivity contribution in [1.29, 1.82) is 0 Å². The molecule has 0 saturated carbocycles. The van der Waals surface area contributed by atoms with Gasteiger partial charge in [-0.05, 0) is 5.92 Å². The minimum absolute atomic E-state index is 0.272. The van der Waals surface area contributed by atoms with Gasteiger partial charge in [-0.15, -0.1) is 0 Å². The lowest BCUT2D eigenvalue weighted by atomic mass is 10.00. The molecule has 0 rings (SSSR count). The largest absolute Gasteiger partial charge is 0.346 e. The maximum absolute atomic E-state index is 10.6. The Balaban J connectivity index is 4.19. The first-order valence-electron chi connectivity index (χ1n) is 3.12. The van der Waals surface area contributed by atoms with Crippen molar-refractivity contribution in [2.75, 3.05) is 0 Å². The highest BCUT2D eigenvalue weighted by Gasteiger charge is 2.27. The second-order valence-corrected chi connectivity index (χ2v) is 5.08. The summed E-state index contributed by atoms with van der Waals surface area (Å²) >= 11 is 0. The molecular weight excluding hydrogens is 135 g/mol. The number of hydrogen-bond acceptors (Lipinski definition) is 1. The Hall–Kier alpha value is 0.190. The molecule has 0 radical (unpaired) electrons. The molecule has 0 fully saturated rings. The van der Waals surface area contributed by atoms with Gasteiger partial charge >= 0.3 is 0 Å². The van der Waals surface area contributed by atoms with Crippen LogP contribution in [0.2, 0.25) is 0 Å². The normalized spacial score (nSPS) is 16.2. The van der Waals surface area contributed by atoms with Crippen LogP contribution in [0.25, 0.3) is 0 Å². The van der Waals surface area contributed by atoms with Gasteiger partial charge in [0.25, 0.3) is 0 Å². The Labute approximate surface area is 57.1 Å². The summed E-state index contributed by atoms with van der Waals surface area (Å²) in [5.74, 6) is 0.272. The van der Waals surface area contributed by atoms with E-state index in [1.807, 2.05) is 27.7 Å². The lowest BCUT2D eigenvalue weighted by Crippen LogP contribution is -2.21. The summed E-state index contributed by atoms with van der Waals surface area (Å²) in [5, 5.41) is -0.398. The van der Waals surface area contributed by atoms with Gasteiger partial charge in [-0.25, -0.2) is 0 Å². The van der Waals surface area contributed by atoms with E-state index in [1.165, 1.54) is 0 Å². The van der Waals surface area contributed by atoms with Gasteiger partial charge in [0.2, 0.25) is 0 Å². The van der Waals surface area contributed by atoms with E-state index in [2.05, 4.69) is 0 Å². The van der Waals surface area contributed by atoms with Crippen LogP contribution in [-0.2, 0) is 4.57 Å². The van der Waals surface area contributed by atoms with Crippen LogP contribution in [0, 0.1) is 5.92 Å². The third-order valence-electron chi connectivity index (χ3n) is 1.99. The van der Waals surface area contributed by atoms with Crippen molar-refractivity contribution in [2.24, 2.45) is 5.92 Å². The van der Waals surface area contributed by atoms with E-state index in [1.54, 1.807) is 0 Å². The predicted molar refractivity (Wildman–Crippen MR) is 40.1 cm³/mol. The van der Waals surface area contributed by atoms with Crippen LogP contribution >= 0.6 is 8.03 Å². The zero-order valence-corrected chi connectivity index (χ0v) is 7.43. The molecule has 2 nitrogen and oxygen atoms in total. The highest BCUT2D eigenvalue weighted by molar-refractivity contribution is 7.40. The smallest absolute Gasteiger partial charge is 0.194 e. The fourth-order valence-corrected chi connectivity index (χ4v) is 0.741. The van der Waals surface area contributed by atoms with Crippen molar-refractivity contribution in [1.82, 2.24) is 0 Å². The molecule has 0 aromatic carbocycles. The lowest BCUT2D eigenvalue weighted by molar-refractivity contribution is 0.409. The Kier molecular flexibility index (Phi) is 2.91. The van der Waals surface area contributed by atoms with E-state index in [9.17, 15) is 4.57 Å². The van der Waals surface area contributed by atoms with Crippen LogP contribution in [0.4, 0.5) is 0 Å². The first-order chi connectivity index (χ1) is 3.89. The zero-order chi connectivity index (χ0) is 7.65. The Bertz CT molecular complexity index is 118. The van der Waals surface area contributed by atoms with Crippen LogP contribution < -0.4 is 0 Å². The van der Waals surface area contributed by atoms with Crippen molar-refractivity contribution in [3.05, 3.63) is 0 Å². The van der Waals surface area contributed by atoms with E-state index in [0.717, 1.165) is 0 Å². The van der Waals surface area contributed by atoms with Crippen molar-refractivity contribution in [2.45, 2.75) is 32.9 Å². The second-order valence-electron chi connectivity index (χ2n) is 3.18. The zero-order valence-electron chi connectivity index (χ0n) is 6.43. The Morgan fingerprint density at radius 2 is 1.78 bits per heavy atom.